The van der Waals surface area contributed by atoms with Crippen LogP contribution in [0.25, 0.3) is 0 Å². The Labute approximate surface area is 358 Å². The van der Waals surface area contributed by atoms with Gasteiger partial charge in [-0.2, -0.15) is 11.8 Å². The third-order valence-electron chi connectivity index (χ3n) is 17.9. The highest BCUT2D eigenvalue weighted by Crippen LogP contribution is 2.78. The zero-order chi connectivity index (χ0) is 42.5. The van der Waals surface area contributed by atoms with Crippen LogP contribution in [-0.4, -0.2) is 56.7 Å². The van der Waals surface area contributed by atoms with Crippen LogP contribution in [0, 0.1) is 62.6 Å². The van der Waals surface area contributed by atoms with Crippen molar-refractivity contribution in [3.05, 3.63) is 35.4 Å². The van der Waals surface area contributed by atoms with Gasteiger partial charge in [0.15, 0.2) is 0 Å². The van der Waals surface area contributed by atoms with Crippen LogP contribution in [0.15, 0.2) is 24.3 Å². The van der Waals surface area contributed by atoms with E-state index in [0.717, 1.165) is 37.5 Å². The summed E-state index contributed by atoms with van der Waals surface area (Å²) in [7, 11) is -1.26. The van der Waals surface area contributed by atoms with Gasteiger partial charge in [0.2, 0.25) is 5.91 Å². The number of carbonyl (C=O) groups is 3. The molecule has 0 aliphatic heterocycles. The second-order valence-electron chi connectivity index (χ2n) is 22.9. The van der Waals surface area contributed by atoms with E-state index in [2.05, 4.69) is 99.4 Å². The third kappa shape index (κ3) is 8.39. The molecule has 0 bridgehead atoms. The van der Waals surface area contributed by atoms with Gasteiger partial charge in [-0.3, -0.25) is 9.59 Å². The summed E-state index contributed by atoms with van der Waals surface area (Å²) >= 11 is 1.80. The summed E-state index contributed by atoms with van der Waals surface area (Å²) in [4.78, 5) is 40.0. The molecule has 0 heterocycles. The van der Waals surface area contributed by atoms with Gasteiger partial charge >= 0.3 is 11.9 Å². The summed E-state index contributed by atoms with van der Waals surface area (Å²) in [6.45, 7) is 30.5. The Bertz CT molecular complexity index is 1640. The Hall–Kier alpha value is -1.80. The van der Waals surface area contributed by atoms with E-state index in [1.54, 1.807) is 11.8 Å². The number of thioether (sulfide) groups is 1. The Morgan fingerprint density at radius 2 is 1.50 bits per heavy atom. The molecule has 0 radical (unpaired) electrons. The molecule has 326 valence electrons. The van der Waals surface area contributed by atoms with Crippen molar-refractivity contribution in [2.45, 2.75) is 170 Å². The van der Waals surface area contributed by atoms with Crippen molar-refractivity contribution in [1.29, 1.82) is 0 Å². The van der Waals surface area contributed by atoms with E-state index in [9.17, 15) is 14.4 Å². The van der Waals surface area contributed by atoms with Crippen LogP contribution in [0.2, 0.25) is 25.7 Å². The van der Waals surface area contributed by atoms with Crippen LogP contribution in [0.4, 0.5) is 0 Å². The van der Waals surface area contributed by atoms with Gasteiger partial charge in [0.1, 0.15) is 6.61 Å². The number of ether oxygens (including phenoxy) is 2. The van der Waals surface area contributed by atoms with Crippen molar-refractivity contribution >= 4 is 37.7 Å². The average molecular weight is 836 g/mol. The molecule has 10 atom stereocenters. The molecular weight excluding hydrogens is 755 g/mol. The van der Waals surface area contributed by atoms with Gasteiger partial charge in [-0.25, -0.2) is 4.79 Å². The van der Waals surface area contributed by atoms with Crippen LogP contribution >= 0.6 is 11.8 Å². The molecule has 6 rings (SSSR count). The van der Waals surface area contributed by atoms with E-state index in [-0.39, 0.29) is 51.3 Å². The van der Waals surface area contributed by atoms with Crippen LogP contribution in [0.3, 0.4) is 0 Å². The molecule has 1 N–H and O–H groups in total. The van der Waals surface area contributed by atoms with Gasteiger partial charge in [0.25, 0.3) is 0 Å². The maximum Gasteiger partial charge on any atom is 0.338 e. The normalized spacial score (nSPS) is 36.7. The molecule has 1 amide bonds. The predicted octanol–water partition coefficient (Wildman–Crippen LogP) is 12.2. The molecule has 0 spiro atoms. The van der Waals surface area contributed by atoms with Crippen molar-refractivity contribution in [1.82, 2.24) is 5.32 Å². The van der Waals surface area contributed by atoms with E-state index >= 15 is 0 Å². The topological polar surface area (TPSA) is 81.7 Å². The summed E-state index contributed by atoms with van der Waals surface area (Å²) in [5, 5.41) is 3.83. The molecule has 6 nitrogen and oxygen atoms in total. The number of rotatable bonds is 14. The lowest BCUT2D eigenvalue weighted by Crippen LogP contribution is -2.67. The molecule has 1 aromatic rings. The lowest BCUT2D eigenvalue weighted by atomic mass is 9.31. The fraction of sp³-hybridized carbons (Fsp3) is 0.820. The quantitative estimate of drug-likeness (QED) is 0.114. The molecule has 5 saturated carbocycles. The summed E-state index contributed by atoms with van der Waals surface area (Å²) in [6.07, 6.45) is 11.9. The summed E-state index contributed by atoms with van der Waals surface area (Å²) in [5.74, 6) is 4.40. The molecule has 5 aliphatic carbocycles. The molecule has 0 aromatic heterocycles. The van der Waals surface area contributed by atoms with Crippen molar-refractivity contribution < 1.29 is 23.9 Å². The molecular formula is C50H81NO5SSi. The summed E-state index contributed by atoms with van der Waals surface area (Å²) < 4.78 is 11.2. The number of esters is 2. The number of hydrogen-bond donors (Lipinski definition) is 1. The average Bonchev–Trinajstić information content (AvgIpc) is 3.54. The number of fused-ring (bicyclic) bond motifs is 7. The van der Waals surface area contributed by atoms with Crippen molar-refractivity contribution in [2.24, 2.45) is 62.6 Å². The van der Waals surface area contributed by atoms with Gasteiger partial charge in [-0.05, 0) is 156 Å². The first-order chi connectivity index (χ1) is 27.1. The maximum absolute atomic E-state index is 14.5. The van der Waals surface area contributed by atoms with E-state index in [1.165, 1.54) is 44.1 Å². The Morgan fingerprint density at radius 1 is 0.793 bits per heavy atom. The van der Waals surface area contributed by atoms with Crippen molar-refractivity contribution in [3.63, 3.8) is 0 Å². The molecule has 5 fully saturated rings. The first kappa shape index (κ1) is 45.7. The van der Waals surface area contributed by atoms with Gasteiger partial charge in [-0.1, -0.05) is 94.1 Å². The first-order valence-electron chi connectivity index (χ1n) is 23.4. The highest BCUT2D eigenvalue weighted by atomic mass is 32.2. The third-order valence-corrected chi connectivity index (χ3v) is 20.6. The van der Waals surface area contributed by atoms with Crippen molar-refractivity contribution in [2.75, 3.05) is 25.5 Å². The van der Waals surface area contributed by atoms with Gasteiger partial charge in [0.05, 0.1) is 24.0 Å². The monoisotopic (exact) mass is 836 g/mol. The summed E-state index contributed by atoms with van der Waals surface area (Å²) in [6, 6.07) is 9.45. The smallest absolute Gasteiger partial charge is 0.338 e. The van der Waals surface area contributed by atoms with Gasteiger partial charge < -0.3 is 14.8 Å². The molecule has 0 unspecified atom stereocenters. The molecule has 0 saturated heterocycles. The Balaban J connectivity index is 1.16. The largest absolute Gasteiger partial charge is 0.465 e. The molecule has 1 aromatic carbocycles. The number of hydrogen-bond acceptors (Lipinski definition) is 6. The zero-order valence-electron chi connectivity index (χ0n) is 38.7. The maximum atomic E-state index is 14.5. The zero-order valence-corrected chi connectivity index (χ0v) is 40.5. The van der Waals surface area contributed by atoms with Crippen LogP contribution < -0.4 is 5.32 Å². The fourth-order valence-electron chi connectivity index (χ4n) is 14.7. The van der Waals surface area contributed by atoms with E-state index < -0.39 is 8.07 Å². The van der Waals surface area contributed by atoms with Gasteiger partial charge in [0, 0.05) is 20.4 Å². The van der Waals surface area contributed by atoms with Crippen LogP contribution in [0.1, 0.15) is 155 Å². The number of nitrogens with one attached hydrogen (secondary N) is 1. The second kappa shape index (κ2) is 17.2. The van der Waals surface area contributed by atoms with Crippen LogP contribution in [-0.2, 0) is 19.1 Å². The number of amides is 1. The molecule has 8 heteroatoms. The molecule has 5 aliphatic rings. The van der Waals surface area contributed by atoms with Gasteiger partial charge in [-0.15, -0.1) is 0 Å². The van der Waals surface area contributed by atoms with E-state index in [0.29, 0.717) is 72.0 Å². The van der Waals surface area contributed by atoms with Crippen LogP contribution in [0.5, 0.6) is 0 Å². The minimum absolute atomic E-state index is 0.138. The van der Waals surface area contributed by atoms with Crippen molar-refractivity contribution in [3.8, 4) is 0 Å². The minimum atomic E-state index is -1.26. The van der Waals surface area contributed by atoms with E-state index in [1.807, 2.05) is 12.1 Å². The SMILES string of the molecule is CC(C)SCCOC(=O)CCNC(=O)[C@]12CC[C@@H](C(C)C)[C@@H]1[C@H]1CC[C@@H]3[C@@]4(C)CC[C@H](c5ccc(C(=O)OCC[Si](C)(C)C)cc5)C(C)(C)[C@@H]4CC[C@@]3(C)[C@]1(C)CC2. The number of carbonyl (C=O) groups excluding carboxylic acids is 3. The lowest BCUT2D eigenvalue weighted by Gasteiger charge is -2.73. The van der Waals surface area contributed by atoms with E-state index in [4.69, 9.17) is 9.47 Å². The standard InChI is InChI=1S/C50H81NO5SSi/c1-33(2)37-19-25-50(45(54)51-28-22-42(52)55-29-31-57-34(3)4)27-26-48(8)39(43(37)50)17-18-41-47(7)23-20-38(46(5,6)40(47)21-24-49(41,48)9)35-13-15-36(16-14-35)44(53)56-30-32-58(10,11)12/h13-16,33-34,37-41,43H,17-32H2,1-12H3,(H,51,54)/t37-,38+,39+,40-,41+,43+,47-,48+,49+,50-/m0/s1. The fourth-order valence-corrected chi connectivity index (χ4v) is 16.1. The molecule has 58 heavy (non-hydrogen) atoms. The number of benzene rings is 1. The first-order valence-corrected chi connectivity index (χ1v) is 28.2. The highest BCUT2D eigenvalue weighted by molar-refractivity contribution is 7.99. The summed E-state index contributed by atoms with van der Waals surface area (Å²) in [5.41, 5.74) is 2.53. The Morgan fingerprint density at radius 3 is 2.16 bits per heavy atom. The Kier molecular flexibility index (Phi) is 13.5. The lowest BCUT2D eigenvalue weighted by molar-refractivity contribution is -0.239. The highest BCUT2D eigenvalue weighted by Gasteiger charge is 2.72. The second-order valence-corrected chi connectivity index (χ2v) is 30.2. The minimum Gasteiger partial charge on any atom is -0.465 e. The predicted molar refractivity (Wildman–Crippen MR) is 243 cm³/mol.